The molecule has 132 valence electrons. The molecule has 25 heavy (non-hydrogen) atoms. The van der Waals surface area contributed by atoms with Crippen molar-refractivity contribution in [2.75, 3.05) is 13.1 Å². The molecule has 0 unspecified atom stereocenters. The number of aromatic nitrogens is 2. The first-order chi connectivity index (χ1) is 12.1. The molecule has 0 radical (unpaired) electrons. The van der Waals surface area contributed by atoms with Gasteiger partial charge in [-0.05, 0) is 19.3 Å². The standard InChI is InChI=1S/C18H22N4O3/c19-17(24)14-8-5-11-22(12-14)16(23)10-4-9-15-20-18(21-25-15)13-6-2-1-3-7-13/h1-3,6-7,14H,4-5,8-12H2,(H2,19,24)/t14-/m0/s1. The Balaban J connectivity index is 1.47. The number of hydrogen-bond donors (Lipinski definition) is 1. The molecular weight excluding hydrogens is 320 g/mol. The number of nitrogens with zero attached hydrogens (tertiary/aromatic N) is 3. The van der Waals surface area contributed by atoms with Crippen LogP contribution in [0.1, 0.15) is 31.6 Å². The van der Waals surface area contributed by atoms with Crippen LogP contribution in [0.4, 0.5) is 0 Å². The van der Waals surface area contributed by atoms with Crippen molar-refractivity contribution < 1.29 is 14.1 Å². The summed E-state index contributed by atoms with van der Waals surface area (Å²) in [5, 5.41) is 3.97. The maximum absolute atomic E-state index is 12.3. The van der Waals surface area contributed by atoms with E-state index in [1.54, 1.807) is 4.90 Å². The topological polar surface area (TPSA) is 102 Å². The maximum Gasteiger partial charge on any atom is 0.226 e. The number of likely N-dealkylation sites (tertiary alicyclic amines) is 1. The largest absolute Gasteiger partial charge is 0.369 e. The number of piperidine rings is 1. The summed E-state index contributed by atoms with van der Waals surface area (Å²) in [7, 11) is 0. The highest BCUT2D eigenvalue weighted by atomic mass is 16.5. The van der Waals surface area contributed by atoms with E-state index in [4.69, 9.17) is 10.3 Å². The van der Waals surface area contributed by atoms with Crippen molar-refractivity contribution in [1.29, 1.82) is 0 Å². The highest BCUT2D eigenvalue weighted by Gasteiger charge is 2.26. The summed E-state index contributed by atoms with van der Waals surface area (Å²) in [6, 6.07) is 9.61. The molecule has 1 aliphatic rings. The number of hydrogen-bond acceptors (Lipinski definition) is 5. The van der Waals surface area contributed by atoms with Crippen LogP contribution in [0.3, 0.4) is 0 Å². The van der Waals surface area contributed by atoms with E-state index < -0.39 is 0 Å². The summed E-state index contributed by atoms with van der Waals surface area (Å²) >= 11 is 0. The van der Waals surface area contributed by atoms with Gasteiger partial charge in [0.05, 0.1) is 5.92 Å². The van der Waals surface area contributed by atoms with Crippen molar-refractivity contribution in [3.63, 3.8) is 0 Å². The van der Waals surface area contributed by atoms with E-state index in [-0.39, 0.29) is 17.7 Å². The molecule has 0 saturated carbocycles. The van der Waals surface area contributed by atoms with Crippen molar-refractivity contribution in [2.45, 2.75) is 32.1 Å². The third-order valence-electron chi connectivity index (χ3n) is 4.46. The molecule has 2 heterocycles. The molecule has 2 aromatic rings. The van der Waals surface area contributed by atoms with Crippen LogP contribution in [-0.4, -0.2) is 39.9 Å². The first-order valence-electron chi connectivity index (χ1n) is 8.58. The smallest absolute Gasteiger partial charge is 0.226 e. The molecule has 1 aliphatic heterocycles. The zero-order valence-electron chi connectivity index (χ0n) is 14.1. The van der Waals surface area contributed by atoms with Gasteiger partial charge in [0.15, 0.2) is 0 Å². The Morgan fingerprint density at radius 1 is 1.28 bits per heavy atom. The fourth-order valence-corrected chi connectivity index (χ4v) is 3.05. The second-order valence-electron chi connectivity index (χ2n) is 6.31. The summed E-state index contributed by atoms with van der Waals surface area (Å²) in [6.45, 7) is 1.13. The highest BCUT2D eigenvalue weighted by molar-refractivity contribution is 5.80. The van der Waals surface area contributed by atoms with Gasteiger partial charge < -0.3 is 15.2 Å². The van der Waals surface area contributed by atoms with Gasteiger partial charge in [-0.2, -0.15) is 4.98 Å². The van der Waals surface area contributed by atoms with Crippen LogP contribution in [0.25, 0.3) is 11.4 Å². The van der Waals surface area contributed by atoms with Crippen LogP contribution >= 0.6 is 0 Å². The Kier molecular flexibility index (Phi) is 5.42. The monoisotopic (exact) mass is 342 g/mol. The minimum Gasteiger partial charge on any atom is -0.369 e. The molecule has 1 fully saturated rings. The van der Waals surface area contributed by atoms with Crippen molar-refractivity contribution in [2.24, 2.45) is 11.7 Å². The molecule has 1 aromatic carbocycles. The van der Waals surface area contributed by atoms with E-state index >= 15 is 0 Å². The Morgan fingerprint density at radius 2 is 2.08 bits per heavy atom. The highest BCUT2D eigenvalue weighted by Crippen LogP contribution is 2.18. The van der Waals surface area contributed by atoms with Gasteiger partial charge in [-0.1, -0.05) is 35.5 Å². The third kappa shape index (κ3) is 4.43. The number of benzene rings is 1. The molecule has 3 rings (SSSR count). The van der Waals surface area contributed by atoms with Gasteiger partial charge in [0, 0.05) is 31.5 Å². The Morgan fingerprint density at radius 3 is 2.84 bits per heavy atom. The summed E-state index contributed by atoms with van der Waals surface area (Å²) in [5.41, 5.74) is 6.25. The quantitative estimate of drug-likeness (QED) is 0.862. The predicted octanol–water partition coefficient (Wildman–Crippen LogP) is 1.78. The number of amides is 2. The van der Waals surface area contributed by atoms with Crippen molar-refractivity contribution in [1.82, 2.24) is 15.0 Å². The maximum atomic E-state index is 12.3. The van der Waals surface area contributed by atoms with Gasteiger partial charge in [-0.15, -0.1) is 0 Å². The van der Waals surface area contributed by atoms with Crippen LogP contribution in [0, 0.1) is 5.92 Å². The van der Waals surface area contributed by atoms with Crippen LogP contribution in [0.15, 0.2) is 34.9 Å². The Bertz CT molecular complexity index is 729. The molecule has 1 aromatic heterocycles. The second kappa shape index (κ2) is 7.92. The average molecular weight is 342 g/mol. The minimum atomic E-state index is -0.322. The molecule has 1 atom stereocenters. The molecular formula is C18H22N4O3. The molecule has 2 amide bonds. The van der Waals surface area contributed by atoms with E-state index in [0.29, 0.717) is 44.1 Å². The fraction of sp³-hybridized carbons (Fsp3) is 0.444. The lowest BCUT2D eigenvalue weighted by molar-refractivity contribution is -0.135. The number of rotatable bonds is 6. The lowest BCUT2D eigenvalue weighted by atomic mass is 9.97. The molecule has 7 heteroatoms. The summed E-state index contributed by atoms with van der Waals surface area (Å²) in [5.74, 6) is 0.593. The fourth-order valence-electron chi connectivity index (χ4n) is 3.05. The normalized spacial score (nSPS) is 17.4. The van der Waals surface area contributed by atoms with E-state index in [2.05, 4.69) is 10.1 Å². The molecule has 2 N–H and O–H groups in total. The van der Waals surface area contributed by atoms with Gasteiger partial charge in [0.25, 0.3) is 0 Å². The van der Waals surface area contributed by atoms with Crippen LogP contribution in [-0.2, 0) is 16.0 Å². The molecule has 0 bridgehead atoms. The predicted molar refractivity (Wildman–Crippen MR) is 91.2 cm³/mol. The van der Waals surface area contributed by atoms with E-state index in [9.17, 15) is 9.59 Å². The first kappa shape index (κ1) is 17.1. The lowest BCUT2D eigenvalue weighted by Gasteiger charge is -2.31. The lowest BCUT2D eigenvalue weighted by Crippen LogP contribution is -2.44. The van der Waals surface area contributed by atoms with Gasteiger partial charge in [0.2, 0.25) is 23.5 Å². The molecule has 7 nitrogen and oxygen atoms in total. The number of carbonyl (C=O) groups is 2. The second-order valence-corrected chi connectivity index (χ2v) is 6.31. The van der Waals surface area contributed by atoms with Gasteiger partial charge >= 0.3 is 0 Å². The Labute approximate surface area is 146 Å². The zero-order chi connectivity index (χ0) is 17.6. The van der Waals surface area contributed by atoms with E-state index in [1.165, 1.54) is 0 Å². The van der Waals surface area contributed by atoms with E-state index in [1.807, 2.05) is 30.3 Å². The van der Waals surface area contributed by atoms with Crippen molar-refractivity contribution >= 4 is 11.8 Å². The van der Waals surface area contributed by atoms with Gasteiger partial charge in [0.1, 0.15) is 0 Å². The van der Waals surface area contributed by atoms with Crippen molar-refractivity contribution in [3.8, 4) is 11.4 Å². The molecule has 0 aliphatic carbocycles. The van der Waals surface area contributed by atoms with Crippen molar-refractivity contribution in [3.05, 3.63) is 36.2 Å². The zero-order valence-corrected chi connectivity index (χ0v) is 14.1. The number of carbonyl (C=O) groups excluding carboxylic acids is 2. The SMILES string of the molecule is NC(=O)[C@H]1CCCN(C(=O)CCCc2nc(-c3ccccc3)no2)C1. The minimum absolute atomic E-state index is 0.0498. The third-order valence-corrected chi connectivity index (χ3v) is 4.46. The molecule has 1 saturated heterocycles. The number of aryl methyl sites for hydroxylation is 1. The van der Waals surface area contributed by atoms with Crippen LogP contribution in [0.5, 0.6) is 0 Å². The summed E-state index contributed by atoms with van der Waals surface area (Å²) in [4.78, 5) is 29.7. The number of nitrogens with two attached hydrogens (primary N) is 1. The van der Waals surface area contributed by atoms with Gasteiger partial charge in [-0.25, -0.2) is 0 Å². The van der Waals surface area contributed by atoms with Gasteiger partial charge in [-0.3, -0.25) is 9.59 Å². The molecule has 0 spiro atoms. The Hall–Kier alpha value is -2.70. The van der Waals surface area contributed by atoms with Crippen LogP contribution < -0.4 is 5.73 Å². The summed E-state index contributed by atoms with van der Waals surface area (Å²) in [6.07, 6.45) is 3.17. The summed E-state index contributed by atoms with van der Waals surface area (Å²) < 4.78 is 5.25. The van der Waals surface area contributed by atoms with E-state index in [0.717, 1.165) is 18.4 Å². The first-order valence-corrected chi connectivity index (χ1v) is 8.58. The average Bonchev–Trinajstić information content (AvgIpc) is 3.11. The van der Waals surface area contributed by atoms with Crippen LogP contribution in [0.2, 0.25) is 0 Å². The number of primary amides is 1.